The molecule has 2 heteroatoms. The minimum Gasteiger partial charge on any atom is -0.393 e. The van der Waals surface area contributed by atoms with Crippen LogP contribution in [0.3, 0.4) is 0 Å². The molecule has 0 heterocycles. The molecule has 180 valence electrons. The second-order valence-electron chi connectivity index (χ2n) is 13.6. The Kier molecular flexibility index (Phi) is 5.93. The monoisotopic (exact) mass is 440 g/mol. The number of aliphatic hydroxyl groups is 1. The summed E-state index contributed by atoms with van der Waals surface area (Å²) in [5, 5.41) is 11.4. The third-order valence-corrected chi connectivity index (χ3v) is 11.4. The van der Waals surface area contributed by atoms with Gasteiger partial charge < -0.3 is 5.11 Å². The highest BCUT2D eigenvalue weighted by molar-refractivity contribution is 5.85. The first-order chi connectivity index (χ1) is 14.8. The van der Waals surface area contributed by atoms with E-state index in [9.17, 15) is 9.90 Å². The van der Waals surface area contributed by atoms with Gasteiger partial charge in [-0.1, -0.05) is 64.8 Å². The molecule has 0 aromatic heterocycles. The number of aliphatic hydroxyl groups excluding tert-OH is 1. The molecule has 0 saturated heterocycles. The number of carbonyl (C=O) groups excluding carboxylic acids is 1. The van der Waals surface area contributed by atoms with Gasteiger partial charge in [-0.25, -0.2) is 0 Å². The maximum Gasteiger partial charge on any atom is 0.138 e. The molecule has 8 atom stereocenters. The highest BCUT2D eigenvalue weighted by atomic mass is 16.3. The predicted octanol–water partition coefficient (Wildman–Crippen LogP) is 7.51. The largest absolute Gasteiger partial charge is 0.393 e. The van der Waals surface area contributed by atoms with Crippen molar-refractivity contribution >= 4 is 5.78 Å². The Labute approximate surface area is 197 Å². The fourth-order valence-electron chi connectivity index (χ4n) is 9.44. The molecule has 0 aliphatic heterocycles. The van der Waals surface area contributed by atoms with Crippen LogP contribution in [0.15, 0.2) is 23.3 Å². The summed E-state index contributed by atoms with van der Waals surface area (Å²) in [4.78, 5) is 12.8. The molecule has 3 fully saturated rings. The third kappa shape index (κ3) is 3.25. The van der Waals surface area contributed by atoms with E-state index in [0.29, 0.717) is 29.5 Å². The van der Waals surface area contributed by atoms with Crippen molar-refractivity contribution in [3.05, 3.63) is 23.3 Å². The number of hydrogen-bond acceptors (Lipinski definition) is 2. The summed E-state index contributed by atoms with van der Waals surface area (Å²) in [6.45, 7) is 18.6. The standard InChI is InChI=1S/C30H48O2/c1-19(2)10-9-11-20(3)26-23(31)18-30(8)22-12-13-24-27(4,5)25(32)15-16-28(24,6)21(22)14-17-29(26,30)7/h10,12,20-21,23-24,26,31H,9,11,13-18H2,1-8H3. The van der Waals surface area contributed by atoms with Gasteiger partial charge >= 0.3 is 0 Å². The van der Waals surface area contributed by atoms with E-state index in [1.54, 1.807) is 5.57 Å². The molecule has 0 spiro atoms. The molecule has 0 aromatic carbocycles. The lowest BCUT2D eigenvalue weighted by Crippen LogP contribution is -2.57. The summed E-state index contributed by atoms with van der Waals surface area (Å²) in [7, 11) is 0. The Morgan fingerprint density at radius 2 is 1.88 bits per heavy atom. The Hall–Kier alpha value is -0.890. The number of allylic oxidation sites excluding steroid dienone is 4. The summed E-state index contributed by atoms with van der Waals surface area (Å²) in [6.07, 6.45) is 13.1. The van der Waals surface area contributed by atoms with Gasteiger partial charge in [0, 0.05) is 11.8 Å². The van der Waals surface area contributed by atoms with E-state index >= 15 is 0 Å². The zero-order chi connectivity index (χ0) is 23.7. The topological polar surface area (TPSA) is 37.3 Å². The first kappa shape index (κ1) is 24.2. The van der Waals surface area contributed by atoms with Crippen LogP contribution in [-0.4, -0.2) is 17.0 Å². The van der Waals surface area contributed by atoms with Gasteiger partial charge in [0.05, 0.1) is 6.10 Å². The van der Waals surface area contributed by atoms with Crippen LogP contribution in [0.5, 0.6) is 0 Å². The molecule has 32 heavy (non-hydrogen) atoms. The number of carbonyl (C=O) groups is 1. The SMILES string of the molecule is CC(C)=CCCC(C)C1C(O)CC2(C)C3=CCC4C(C)(C)C(=O)CCC4(C)C3CCC12C. The molecule has 2 nitrogen and oxygen atoms in total. The molecule has 0 amide bonds. The van der Waals surface area contributed by atoms with Gasteiger partial charge in [0.1, 0.15) is 5.78 Å². The summed E-state index contributed by atoms with van der Waals surface area (Å²) < 4.78 is 0. The molecule has 1 N–H and O–H groups in total. The van der Waals surface area contributed by atoms with Crippen LogP contribution in [0.2, 0.25) is 0 Å². The Morgan fingerprint density at radius 3 is 2.53 bits per heavy atom. The van der Waals surface area contributed by atoms with Crippen molar-refractivity contribution in [2.75, 3.05) is 0 Å². The van der Waals surface area contributed by atoms with Gasteiger partial charge in [-0.3, -0.25) is 4.79 Å². The molecule has 0 bridgehead atoms. The average Bonchev–Trinajstić information content (AvgIpc) is 2.90. The Morgan fingerprint density at radius 1 is 1.19 bits per heavy atom. The minimum absolute atomic E-state index is 0.0738. The van der Waals surface area contributed by atoms with Gasteiger partial charge in [0.25, 0.3) is 0 Å². The van der Waals surface area contributed by atoms with Gasteiger partial charge in [-0.15, -0.1) is 0 Å². The maximum atomic E-state index is 12.8. The lowest BCUT2D eigenvalue weighted by atomic mass is 9.41. The van der Waals surface area contributed by atoms with Crippen molar-refractivity contribution in [1.29, 1.82) is 0 Å². The maximum absolute atomic E-state index is 12.8. The molecule has 8 unspecified atom stereocenters. The summed E-state index contributed by atoms with van der Waals surface area (Å²) in [5.74, 6) is 2.38. The minimum atomic E-state index is -0.214. The van der Waals surface area contributed by atoms with E-state index in [1.165, 1.54) is 18.4 Å². The summed E-state index contributed by atoms with van der Waals surface area (Å²) >= 11 is 0. The normalized spacial score (nSPS) is 45.9. The van der Waals surface area contributed by atoms with Crippen molar-refractivity contribution in [2.45, 2.75) is 113 Å². The number of Topliss-reactive ketones (excluding diaryl/α,β-unsaturated/α-hetero) is 1. The Balaban J connectivity index is 1.67. The molecule has 4 aliphatic carbocycles. The lowest BCUT2D eigenvalue weighted by Gasteiger charge is -2.63. The van der Waals surface area contributed by atoms with Crippen molar-refractivity contribution in [2.24, 2.45) is 45.3 Å². The summed E-state index contributed by atoms with van der Waals surface area (Å²) in [6, 6.07) is 0. The first-order valence-corrected chi connectivity index (χ1v) is 13.3. The van der Waals surface area contributed by atoms with Crippen molar-refractivity contribution in [3.63, 3.8) is 0 Å². The van der Waals surface area contributed by atoms with Crippen LogP contribution in [0.1, 0.15) is 107 Å². The van der Waals surface area contributed by atoms with Crippen LogP contribution in [0, 0.1) is 45.3 Å². The molecular weight excluding hydrogens is 392 g/mol. The highest BCUT2D eigenvalue weighted by Crippen LogP contribution is 2.73. The van der Waals surface area contributed by atoms with E-state index in [-0.39, 0.29) is 27.8 Å². The van der Waals surface area contributed by atoms with Crippen LogP contribution in [0.4, 0.5) is 0 Å². The zero-order valence-corrected chi connectivity index (χ0v) is 22.1. The van der Waals surface area contributed by atoms with Crippen molar-refractivity contribution in [1.82, 2.24) is 0 Å². The third-order valence-electron chi connectivity index (χ3n) is 11.4. The Bertz CT molecular complexity index is 830. The van der Waals surface area contributed by atoms with Crippen molar-refractivity contribution in [3.8, 4) is 0 Å². The fourth-order valence-corrected chi connectivity index (χ4v) is 9.44. The van der Waals surface area contributed by atoms with E-state index in [2.05, 4.69) is 67.5 Å². The molecule has 0 aromatic rings. The number of rotatable bonds is 4. The van der Waals surface area contributed by atoms with Crippen molar-refractivity contribution < 1.29 is 9.90 Å². The van der Waals surface area contributed by atoms with Crippen LogP contribution in [-0.2, 0) is 4.79 Å². The number of fused-ring (bicyclic) bond motifs is 5. The van der Waals surface area contributed by atoms with Crippen LogP contribution >= 0.6 is 0 Å². The smallest absolute Gasteiger partial charge is 0.138 e. The van der Waals surface area contributed by atoms with Gasteiger partial charge in [0.15, 0.2) is 0 Å². The molecular formula is C30H48O2. The van der Waals surface area contributed by atoms with Crippen LogP contribution < -0.4 is 0 Å². The van der Waals surface area contributed by atoms with Gasteiger partial charge in [-0.05, 0) is 98.7 Å². The molecule has 3 saturated carbocycles. The number of hydrogen-bond donors (Lipinski definition) is 1. The van der Waals surface area contributed by atoms with E-state index in [0.717, 1.165) is 38.5 Å². The molecule has 0 radical (unpaired) electrons. The summed E-state index contributed by atoms with van der Waals surface area (Å²) in [5.41, 5.74) is 3.27. The quantitative estimate of drug-likeness (QED) is 0.459. The zero-order valence-electron chi connectivity index (χ0n) is 22.1. The number of ketones is 1. The van der Waals surface area contributed by atoms with E-state index in [1.807, 2.05) is 0 Å². The molecule has 4 aliphatic rings. The van der Waals surface area contributed by atoms with E-state index < -0.39 is 0 Å². The van der Waals surface area contributed by atoms with Gasteiger partial charge in [-0.2, -0.15) is 0 Å². The van der Waals surface area contributed by atoms with Gasteiger partial charge in [0.2, 0.25) is 0 Å². The predicted molar refractivity (Wildman–Crippen MR) is 133 cm³/mol. The highest BCUT2D eigenvalue weighted by Gasteiger charge is 2.67. The average molecular weight is 441 g/mol. The second kappa shape index (κ2) is 7.82. The fraction of sp³-hybridized carbons (Fsp3) is 0.833. The second-order valence-corrected chi connectivity index (χ2v) is 13.6. The van der Waals surface area contributed by atoms with Crippen LogP contribution in [0.25, 0.3) is 0 Å². The molecule has 4 rings (SSSR count). The van der Waals surface area contributed by atoms with E-state index in [4.69, 9.17) is 0 Å². The lowest BCUT2D eigenvalue weighted by molar-refractivity contribution is -0.146. The first-order valence-electron chi connectivity index (χ1n) is 13.3.